The Hall–Kier alpha value is -6.63. The van der Waals surface area contributed by atoms with Gasteiger partial charge in [0.15, 0.2) is 17.5 Å². The van der Waals surface area contributed by atoms with Crippen LogP contribution in [0.1, 0.15) is 0 Å². The lowest BCUT2D eigenvalue weighted by Crippen LogP contribution is -2.00. The van der Waals surface area contributed by atoms with Crippen molar-refractivity contribution in [2.45, 2.75) is 0 Å². The Bertz CT molecular complexity index is 3160. The second-order valence-corrected chi connectivity index (χ2v) is 13.8. The number of rotatable bonds is 4. The van der Waals surface area contributed by atoms with E-state index in [0.717, 1.165) is 77.1 Å². The van der Waals surface area contributed by atoms with Crippen molar-refractivity contribution in [3.05, 3.63) is 152 Å². The van der Waals surface area contributed by atoms with Crippen LogP contribution in [0.15, 0.2) is 160 Å². The van der Waals surface area contributed by atoms with E-state index in [4.69, 9.17) is 23.8 Å². The molecule has 0 atom stereocenters. The molecule has 11 aromatic rings. The molecule has 0 saturated carbocycles. The third kappa shape index (κ3) is 4.37. The van der Waals surface area contributed by atoms with Gasteiger partial charge in [-0.1, -0.05) is 115 Å². The summed E-state index contributed by atoms with van der Waals surface area (Å²) >= 11 is 1.78. The van der Waals surface area contributed by atoms with E-state index in [1.54, 1.807) is 11.3 Å². The standard InChI is InChI=1S/C45H25N3O2S/c1-2-11-26(12-3-1)43-46-44(34-18-10-22-39-40(34)33-14-5-7-21-38(33)51-39)48-45(47-43)35-19-9-17-32-30-24-23-27(25-37(30)50-42(32)35)28-15-8-16-31-29-13-4-6-20-36(29)49-41(28)31/h1-25H. The maximum absolute atomic E-state index is 6.75. The Morgan fingerprint density at radius 3 is 1.82 bits per heavy atom. The average Bonchev–Trinajstić information content (AvgIpc) is 3.89. The second-order valence-electron chi connectivity index (χ2n) is 12.7. The Morgan fingerprint density at radius 2 is 0.961 bits per heavy atom. The van der Waals surface area contributed by atoms with Crippen LogP contribution in [0.4, 0.5) is 0 Å². The summed E-state index contributed by atoms with van der Waals surface area (Å²) in [5.74, 6) is 1.80. The molecule has 0 aliphatic rings. The molecule has 0 amide bonds. The summed E-state index contributed by atoms with van der Waals surface area (Å²) in [6.45, 7) is 0. The maximum Gasteiger partial charge on any atom is 0.167 e. The quantitative estimate of drug-likeness (QED) is 0.186. The highest BCUT2D eigenvalue weighted by molar-refractivity contribution is 7.25. The molecule has 11 rings (SSSR count). The number of fused-ring (bicyclic) bond motifs is 9. The van der Waals surface area contributed by atoms with Crippen molar-refractivity contribution in [2.75, 3.05) is 0 Å². The molecule has 6 heteroatoms. The minimum Gasteiger partial charge on any atom is -0.455 e. The van der Waals surface area contributed by atoms with Gasteiger partial charge in [0.05, 0.1) is 5.56 Å². The van der Waals surface area contributed by atoms with E-state index in [0.29, 0.717) is 17.5 Å². The molecule has 7 aromatic carbocycles. The van der Waals surface area contributed by atoms with E-state index in [1.165, 1.54) is 14.8 Å². The van der Waals surface area contributed by atoms with Crippen molar-refractivity contribution in [3.63, 3.8) is 0 Å². The van der Waals surface area contributed by atoms with Gasteiger partial charge < -0.3 is 8.83 Å². The molecule has 0 spiro atoms. The van der Waals surface area contributed by atoms with Gasteiger partial charge in [-0.3, -0.25) is 0 Å². The van der Waals surface area contributed by atoms with Crippen LogP contribution in [-0.4, -0.2) is 15.0 Å². The fraction of sp³-hybridized carbons (Fsp3) is 0. The predicted octanol–water partition coefficient (Wildman–Crippen LogP) is 12.7. The van der Waals surface area contributed by atoms with E-state index in [2.05, 4.69) is 97.1 Å². The van der Waals surface area contributed by atoms with Crippen molar-refractivity contribution >= 4 is 75.4 Å². The first kappa shape index (κ1) is 28.2. The zero-order chi connectivity index (χ0) is 33.5. The van der Waals surface area contributed by atoms with Crippen molar-refractivity contribution in [1.82, 2.24) is 15.0 Å². The monoisotopic (exact) mass is 671 g/mol. The number of para-hydroxylation sites is 3. The number of hydrogen-bond donors (Lipinski definition) is 0. The van der Waals surface area contributed by atoms with Crippen molar-refractivity contribution in [1.29, 1.82) is 0 Å². The third-order valence-corrected chi connectivity index (χ3v) is 10.9. The zero-order valence-corrected chi connectivity index (χ0v) is 27.8. The normalized spacial score (nSPS) is 11.9. The number of hydrogen-bond acceptors (Lipinski definition) is 6. The van der Waals surface area contributed by atoms with Gasteiger partial charge in [0.1, 0.15) is 22.3 Å². The number of thiophene rings is 1. The molecular weight excluding hydrogens is 647 g/mol. The minimum atomic E-state index is 0.562. The average molecular weight is 672 g/mol. The van der Waals surface area contributed by atoms with Crippen LogP contribution in [0, 0.1) is 0 Å². The highest BCUT2D eigenvalue weighted by Gasteiger charge is 2.20. The first-order valence-corrected chi connectivity index (χ1v) is 17.7. The second kappa shape index (κ2) is 10.9. The van der Waals surface area contributed by atoms with Gasteiger partial charge in [0.2, 0.25) is 0 Å². The smallest absolute Gasteiger partial charge is 0.167 e. The minimum absolute atomic E-state index is 0.562. The number of benzene rings is 7. The van der Waals surface area contributed by atoms with Gasteiger partial charge in [-0.15, -0.1) is 11.3 Å². The lowest BCUT2D eigenvalue weighted by Gasteiger charge is -2.10. The van der Waals surface area contributed by atoms with Gasteiger partial charge in [-0.25, -0.2) is 15.0 Å². The number of nitrogens with zero attached hydrogens (tertiary/aromatic N) is 3. The van der Waals surface area contributed by atoms with Crippen LogP contribution in [-0.2, 0) is 0 Å². The maximum atomic E-state index is 6.75. The SMILES string of the molecule is c1ccc(-c2nc(-c3cccc4c3oc3cc(-c5cccc6c5oc5ccccc56)ccc34)nc(-c3cccc4sc5ccccc5c34)n2)cc1. The Kier molecular flexibility index (Phi) is 6.05. The molecule has 0 N–H and O–H groups in total. The van der Waals surface area contributed by atoms with E-state index >= 15 is 0 Å². The van der Waals surface area contributed by atoms with E-state index < -0.39 is 0 Å². The first-order valence-electron chi connectivity index (χ1n) is 16.9. The van der Waals surface area contributed by atoms with Crippen LogP contribution in [0.2, 0.25) is 0 Å². The van der Waals surface area contributed by atoms with Gasteiger partial charge in [0.25, 0.3) is 0 Å². The molecule has 0 aliphatic carbocycles. The van der Waals surface area contributed by atoms with Gasteiger partial charge >= 0.3 is 0 Å². The van der Waals surface area contributed by atoms with E-state index in [1.807, 2.05) is 54.6 Å². The fourth-order valence-electron chi connectivity index (χ4n) is 7.41. The summed E-state index contributed by atoms with van der Waals surface area (Å²) in [6.07, 6.45) is 0. The summed E-state index contributed by atoms with van der Waals surface area (Å²) in [5, 5.41) is 6.59. The van der Waals surface area contributed by atoms with Crippen LogP contribution in [0.3, 0.4) is 0 Å². The molecule has 51 heavy (non-hydrogen) atoms. The molecule has 0 bridgehead atoms. The summed E-state index contributed by atoms with van der Waals surface area (Å²) in [5.41, 5.74) is 8.04. The van der Waals surface area contributed by atoms with Crippen LogP contribution >= 0.6 is 11.3 Å². The van der Waals surface area contributed by atoms with Gasteiger partial charge in [-0.05, 0) is 42.0 Å². The highest BCUT2D eigenvalue weighted by atomic mass is 32.1. The molecule has 0 unspecified atom stereocenters. The van der Waals surface area contributed by atoms with Gasteiger partial charge in [0, 0.05) is 58.4 Å². The predicted molar refractivity (Wildman–Crippen MR) is 209 cm³/mol. The molecular formula is C45H25N3O2S. The number of furan rings is 2. The molecule has 0 fully saturated rings. The fourth-order valence-corrected chi connectivity index (χ4v) is 8.54. The lowest BCUT2D eigenvalue weighted by atomic mass is 10.0. The van der Waals surface area contributed by atoms with Gasteiger partial charge in [-0.2, -0.15) is 0 Å². The summed E-state index contributed by atoms with van der Waals surface area (Å²) in [6, 6.07) is 52.0. The molecule has 0 aliphatic heterocycles. The van der Waals surface area contributed by atoms with Crippen molar-refractivity contribution < 1.29 is 8.83 Å². The molecule has 238 valence electrons. The Labute approximate surface area is 295 Å². The van der Waals surface area contributed by atoms with Crippen LogP contribution < -0.4 is 0 Å². The number of aromatic nitrogens is 3. The largest absolute Gasteiger partial charge is 0.455 e. The molecule has 5 nitrogen and oxygen atoms in total. The van der Waals surface area contributed by atoms with Crippen molar-refractivity contribution in [3.8, 4) is 45.3 Å². The highest BCUT2D eigenvalue weighted by Crippen LogP contribution is 2.42. The Morgan fingerprint density at radius 1 is 0.373 bits per heavy atom. The molecule has 0 radical (unpaired) electrons. The van der Waals surface area contributed by atoms with E-state index in [-0.39, 0.29) is 0 Å². The summed E-state index contributed by atoms with van der Waals surface area (Å²) in [4.78, 5) is 15.4. The molecule has 4 heterocycles. The van der Waals surface area contributed by atoms with E-state index in [9.17, 15) is 0 Å². The van der Waals surface area contributed by atoms with Crippen LogP contribution in [0.5, 0.6) is 0 Å². The molecule has 4 aromatic heterocycles. The topological polar surface area (TPSA) is 65.0 Å². The Balaban J connectivity index is 1.12. The zero-order valence-electron chi connectivity index (χ0n) is 27.0. The molecule has 0 saturated heterocycles. The van der Waals surface area contributed by atoms with Crippen molar-refractivity contribution in [2.24, 2.45) is 0 Å². The summed E-state index contributed by atoms with van der Waals surface area (Å²) in [7, 11) is 0. The lowest BCUT2D eigenvalue weighted by molar-refractivity contribution is 0.668. The van der Waals surface area contributed by atoms with Crippen LogP contribution in [0.25, 0.3) is 109 Å². The third-order valence-electron chi connectivity index (χ3n) is 9.77. The summed E-state index contributed by atoms with van der Waals surface area (Å²) < 4.78 is 15.6. The first-order chi connectivity index (χ1) is 25.3.